The second-order valence-corrected chi connectivity index (χ2v) is 4.01. The number of rotatable bonds is 3. The average Bonchev–Trinajstić information content (AvgIpc) is 2.82. The van der Waals surface area contributed by atoms with Crippen molar-refractivity contribution in [3.8, 4) is 5.82 Å². The van der Waals surface area contributed by atoms with Crippen LogP contribution >= 0.6 is 0 Å². The number of nitrogens with zero attached hydrogens (tertiary/aromatic N) is 5. The molecule has 0 aliphatic rings. The molecule has 2 rings (SSSR count). The van der Waals surface area contributed by atoms with Gasteiger partial charge in [-0.25, -0.2) is 19.4 Å². The van der Waals surface area contributed by atoms with Gasteiger partial charge in [0.15, 0.2) is 5.82 Å². The van der Waals surface area contributed by atoms with Gasteiger partial charge in [0.05, 0.1) is 5.54 Å². The molecule has 0 unspecified atom stereocenters. The fraction of sp³-hybridized carbons (Fsp3) is 0.273. The van der Waals surface area contributed by atoms with Gasteiger partial charge < -0.3 is 0 Å². The molecule has 0 bridgehead atoms. The molecule has 0 amide bonds. The highest BCUT2D eigenvalue weighted by Gasteiger charge is 2.19. The van der Waals surface area contributed by atoms with Crippen LogP contribution < -0.4 is 0 Å². The Bertz CT molecular complexity index is 538. The lowest BCUT2D eigenvalue weighted by Crippen LogP contribution is -2.14. The smallest absolute Gasteiger partial charge is 0.235 e. The van der Waals surface area contributed by atoms with Crippen molar-refractivity contribution < 1.29 is 4.79 Å². The first-order valence-corrected chi connectivity index (χ1v) is 5.04. The minimum Gasteiger partial charge on any atom is -0.237 e. The summed E-state index contributed by atoms with van der Waals surface area (Å²) in [4.78, 5) is 22.1. The summed E-state index contributed by atoms with van der Waals surface area (Å²) in [5.74, 6) is 0.664. The fourth-order valence-corrected chi connectivity index (χ4v) is 1.39. The predicted molar refractivity (Wildman–Crippen MR) is 60.3 cm³/mol. The van der Waals surface area contributed by atoms with Gasteiger partial charge in [0, 0.05) is 6.20 Å². The van der Waals surface area contributed by atoms with Crippen LogP contribution in [-0.2, 0) is 10.3 Å². The van der Waals surface area contributed by atoms with Gasteiger partial charge in [-0.2, -0.15) is 10.1 Å². The largest absolute Gasteiger partial charge is 0.237 e. The molecule has 0 saturated heterocycles. The maximum Gasteiger partial charge on any atom is 0.235 e. The number of pyridine rings is 1. The van der Waals surface area contributed by atoms with E-state index in [4.69, 9.17) is 0 Å². The number of hydrogen-bond donors (Lipinski definition) is 0. The fourth-order valence-electron chi connectivity index (χ4n) is 1.39. The van der Waals surface area contributed by atoms with Crippen LogP contribution in [0.4, 0.5) is 0 Å². The molecule has 2 aromatic rings. The molecule has 0 radical (unpaired) electrons. The van der Waals surface area contributed by atoms with Crippen molar-refractivity contribution in [1.82, 2.24) is 19.7 Å². The van der Waals surface area contributed by atoms with Crippen molar-refractivity contribution >= 4 is 6.08 Å². The standard InChI is InChI=1S/C11H11N5O/c1-11(2,14-8-17)9-3-4-10(13-5-9)16-7-12-6-15-16/h3-7H,1-2H3. The van der Waals surface area contributed by atoms with Gasteiger partial charge in [-0.05, 0) is 25.5 Å². The van der Waals surface area contributed by atoms with E-state index in [1.165, 1.54) is 6.33 Å². The van der Waals surface area contributed by atoms with Crippen LogP contribution in [-0.4, -0.2) is 25.8 Å². The molecule has 2 aromatic heterocycles. The van der Waals surface area contributed by atoms with Crippen LogP contribution in [0.15, 0.2) is 36.0 Å². The number of carbonyl (C=O) groups excluding carboxylic acids is 1. The van der Waals surface area contributed by atoms with Crippen molar-refractivity contribution in [2.75, 3.05) is 0 Å². The van der Waals surface area contributed by atoms with E-state index in [1.54, 1.807) is 29.4 Å². The average molecular weight is 229 g/mol. The minimum absolute atomic E-state index is 0.615. The molecule has 0 aliphatic heterocycles. The Kier molecular flexibility index (Phi) is 2.80. The first-order chi connectivity index (χ1) is 8.13. The monoisotopic (exact) mass is 229 g/mol. The van der Waals surface area contributed by atoms with Gasteiger partial charge >= 0.3 is 0 Å². The molecule has 0 N–H and O–H groups in total. The highest BCUT2D eigenvalue weighted by Crippen LogP contribution is 2.23. The third kappa shape index (κ3) is 2.26. The summed E-state index contributed by atoms with van der Waals surface area (Å²) in [6.07, 6.45) is 6.24. The van der Waals surface area contributed by atoms with Crippen LogP contribution in [0, 0.1) is 0 Å². The lowest BCUT2D eigenvalue weighted by molar-refractivity contribution is 0.521. The summed E-state index contributed by atoms with van der Waals surface area (Å²) in [6, 6.07) is 3.65. The Labute approximate surface area is 98.1 Å². The Hall–Kier alpha value is -2.33. The SMILES string of the molecule is CC(C)(N=C=O)c1ccc(-n2cncn2)nc1. The van der Waals surface area contributed by atoms with Crippen LogP contribution in [0.5, 0.6) is 0 Å². The molecule has 0 spiro atoms. The van der Waals surface area contributed by atoms with E-state index in [0.29, 0.717) is 5.82 Å². The molecule has 17 heavy (non-hydrogen) atoms. The van der Waals surface area contributed by atoms with E-state index >= 15 is 0 Å². The molecule has 86 valence electrons. The van der Waals surface area contributed by atoms with Crippen molar-refractivity contribution in [3.63, 3.8) is 0 Å². The molecular formula is C11H11N5O. The molecule has 6 heteroatoms. The summed E-state index contributed by atoms with van der Waals surface area (Å²) >= 11 is 0. The molecule has 0 aromatic carbocycles. The number of hydrogen-bond acceptors (Lipinski definition) is 5. The maximum absolute atomic E-state index is 10.3. The Morgan fingerprint density at radius 1 is 1.41 bits per heavy atom. The molecule has 0 fully saturated rings. The van der Waals surface area contributed by atoms with Crippen LogP contribution in [0.25, 0.3) is 5.82 Å². The van der Waals surface area contributed by atoms with Gasteiger partial charge in [0.25, 0.3) is 0 Å². The molecule has 0 aliphatic carbocycles. The van der Waals surface area contributed by atoms with Gasteiger partial charge in [-0.3, -0.25) is 0 Å². The summed E-state index contributed by atoms with van der Waals surface area (Å²) < 4.78 is 1.56. The predicted octanol–water partition coefficient (Wildman–Crippen LogP) is 1.23. The number of aromatic nitrogens is 4. The summed E-state index contributed by atoms with van der Waals surface area (Å²) in [7, 11) is 0. The van der Waals surface area contributed by atoms with E-state index in [0.717, 1.165) is 5.56 Å². The first-order valence-electron chi connectivity index (χ1n) is 5.04. The Balaban J connectivity index is 2.33. The van der Waals surface area contributed by atoms with E-state index < -0.39 is 5.54 Å². The zero-order valence-electron chi connectivity index (χ0n) is 9.53. The van der Waals surface area contributed by atoms with E-state index in [9.17, 15) is 4.79 Å². The summed E-state index contributed by atoms with van der Waals surface area (Å²) in [5.41, 5.74) is 0.222. The minimum atomic E-state index is -0.615. The zero-order valence-corrected chi connectivity index (χ0v) is 9.53. The lowest BCUT2D eigenvalue weighted by atomic mass is 9.97. The number of aliphatic imine (C=N–C) groups is 1. The maximum atomic E-state index is 10.3. The lowest BCUT2D eigenvalue weighted by Gasteiger charge is -2.17. The topological polar surface area (TPSA) is 73.0 Å². The Morgan fingerprint density at radius 3 is 2.76 bits per heavy atom. The van der Waals surface area contributed by atoms with Gasteiger partial charge in [0.2, 0.25) is 6.08 Å². The third-order valence-corrected chi connectivity index (χ3v) is 2.43. The zero-order chi connectivity index (χ0) is 12.3. The van der Waals surface area contributed by atoms with E-state index in [-0.39, 0.29) is 0 Å². The van der Waals surface area contributed by atoms with E-state index in [1.807, 2.05) is 19.9 Å². The van der Waals surface area contributed by atoms with Crippen molar-refractivity contribution in [1.29, 1.82) is 0 Å². The van der Waals surface area contributed by atoms with Gasteiger partial charge in [-0.15, -0.1) is 0 Å². The van der Waals surface area contributed by atoms with Crippen LogP contribution in [0.3, 0.4) is 0 Å². The first kappa shape index (κ1) is 11.2. The quantitative estimate of drug-likeness (QED) is 0.586. The summed E-state index contributed by atoms with van der Waals surface area (Å²) in [6.45, 7) is 3.65. The van der Waals surface area contributed by atoms with Crippen molar-refractivity contribution in [3.05, 3.63) is 36.5 Å². The normalized spacial score (nSPS) is 10.9. The highest BCUT2D eigenvalue weighted by atomic mass is 16.1. The van der Waals surface area contributed by atoms with Crippen molar-refractivity contribution in [2.45, 2.75) is 19.4 Å². The Morgan fingerprint density at radius 2 is 2.24 bits per heavy atom. The number of isocyanates is 1. The van der Waals surface area contributed by atoms with Gasteiger partial charge in [0.1, 0.15) is 12.7 Å². The van der Waals surface area contributed by atoms with Gasteiger partial charge in [-0.1, -0.05) is 6.07 Å². The molecular weight excluding hydrogens is 218 g/mol. The highest BCUT2D eigenvalue weighted by molar-refractivity contribution is 5.37. The molecule has 6 nitrogen and oxygen atoms in total. The molecule has 0 saturated carbocycles. The molecule has 2 heterocycles. The summed E-state index contributed by atoms with van der Waals surface area (Å²) in [5, 5.41) is 3.97. The second kappa shape index (κ2) is 4.27. The van der Waals surface area contributed by atoms with Crippen molar-refractivity contribution in [2.24, 2.45) is 4.99 Å². The van der Waals surface area contributed by atoms with E-state index in [2.05, 4.69) is 20.1 Å². The van der Waals surface area contributed by atoms with Crippen LogP contribution in [0.1, 0.15) is 19.4 Å². The third-order valence-electron chi connectivity index (χ3n) is 2.43. The molecule has 0 atom stereocenters. The second-order valence-electron chi connectivity index (χ2n) is 4.01. The van der Waals surface area contributed by atoms with Crippen LogP contribution in [0.2, 0.25) is 0 Å².